The summed E-state index contributed by atoms with van der Waals surface area (Å²) in [7, 11) is 4.02. The van der Waals surface area contributed by atoms with Crippen LogP contribution in [0.25, 0.3) is 11.3 Å². The zero-order valence-electron chi connectivity index (χ0n) is 22.3. The Labute approximate surface area is 222 Å². The minimum absolute atomic E-state index is 0.249. The summed E-state index contributed by atoms with van der Waals surface area (Å²) >= 11 is 0. The van der Waals surface area contributed by atoms with Gasteiger partial charge in [0.25, 0.3) is 5.91 Å². The van der Waals surface area contributed by atoms with Gasteiger partial charge in [0, 0.05) is 24.3 Å². The molecule has 0 saturated heterocycles. The molecule has 0 bridgehead atoms. The van der Waals surface area contributed by atoms with Gasteiger partial charge >= 0.3 is 6.09 Å². The number of carbonyl (C=O) groups excluding carboxylic acids is 2. The van der Waals surface area contributed by atoms with Gasteiger partial charge < -0.3 is 25.6 Å². The molecule has 3 N–H and O–H groups in total. The standard InChI is InChI=1S/C30H33FN4O3/c1-30(2,3)38-29(37)32-17-20-7-6-8-21(15-20)27(33-23-12-9-19(10-13-23)18-35(4)5)26-24-14-11-22(31)16-25(24)34-28(26)36/h6-16,33H,17-18H2,1-5H3,(H,32,37)(H,34,36). The van der Waals surface area contributed by atoms with E-state index >= 15 is 0 Å². The van der Waals surface area contributed by atoms with Gasteiger partial charge in [-0.05, 0) is 88.0 Å². The van der Waals surface area contributed by atoms with Crippen LogP contribution in [0.15, 0.2) is 66.7 Å². The van der Waals surface area contributed by atoms with Gasteiger partial charge in [-0.2, -0.15) is 0 Å². The Morgan fingerprint density at radius 2 is 1.74 bits per heavy atom. The summed E-state index contributed by atoms with van der Waals surface area (Å²) in [6, 6.07) is 19.8. The van der Waals surface area contributed by atoms with E-state index in [1.165, 1.54) is 12.1 Å². The van der Waals surface area contributed by atoms with E-state index in [-0.39, 0.29) is 12.5 Å². The van der Waals surface area contributed by atoms with E-state index in [9.17, 15) is 14.0 Å². The lowest BCUT2D eigenvalue weighted by molar-refractivity contribution is -0.110. The van der Waals surface area contributed by atoms with Gasteiger partial charge in [-0.3, -0.25) is 4.79 Å². The van der Waals surface area contributed by atoms with Crippen molar-refractivity contribution < 1.29 is 18.7 Å². The van der Waals surface area contributed by atoms with Crippen LogP contribution in [0.1, 0.15) is 43.0 Å². The number of amides is 2. The predicted molar refractivity (Wildman–Crippen MR) is 149 cm³/mol. The number of hydrogen-bond acceptors (Lipinski definition) is 5. The molecule has 0 radical (unpaired) electrons. The van der Waals surface area contributed by atoms with Crippen LogP contribution in [0.5, 0.6) is 0 Å². The van der Waals surface area contributed by atoms with Crippen LogP contribution >= 0.6 is 0 Å². The molecule has 3 aromatic rings. The number of fused-ring (bicyclic) bond motifs is 1. The lowest BCUT2D eigenvalue weighted by Gasteiger charge is -2.20. The van der Waals surface area contributed by atoms with E-state index < -0.39 is 17.5 Å². The maximum atomic E-state index is 13.9. The molecule has 0 spiro atoms. The van der Waals surface area contributed by atoms with E-state index in [1.807, 2.05) is 62.6 Å². The largest absolute Gasteiger partial charge is 0.444 e. The Morgan fingerprint density at radius 1 is 1.00 bits per heavy atom. The summed E-state index contributed by atoms with van der Waals surface area (Å²) in [5, 5.41) is 8.97. The average Bonchev–Trinajstić information content (AvgIpc) is 3.15. The average molecular weight is 517 g/mol. The number of ether oxygens (including phenoxy) is 1. The zero-order valence-corrected chi connectivity index (χ0v) is 22.3. The van der Waals surface area contributed by atoms with Gasteiger partial charge in [0.2, 0.25) is 0 Å². The highest BCUT2D eigenvalue weighted by atomic mass is 19.1. The molecule has 1 aliphatic heterocycles. The molecule has 0 atom stereocenters. The van der Waals surface area contributed by atoms with Gasteiger partial charge in [0.1, 0.15) is 11.4 Å². The fraction of sp³-hybridized carbons (Fsp3) is 0.267. The normalized spacial score (nSPS) is 14.1. The molecule has 7 nitrogen and oxygen atoms in total. The van der Waals surface area contributed by atoms with Crippen molar-refractivity contribution in [1.29, 1.82) is 0 Å². The number of halogens is 1. The Kier molecular flexibility index (Phi) is 7.83. The molecule has 38 heavy (non-hydrogen) atoms. The Hall–Kier alpha value is -4.17. The minimum Gasteiger partial charge on any atom is -0.444 e. The number of anilines is 2. The van der Waals surface area contributed by atoms with Crippen molar-refractivity contribution in [2.75, 3.05) is 24.7 Å². The molecule has 2 amide bonds. The SMILES string of the molecule is CN(C)Cc1ccc(NC(=C2C(=O)Nc3cc(F)ccc32)c2cccc(CNC(=O)OC(C)(C)C)c2)cc1. The molecule has 0 aromatic heterocycles. The van der Waals surface area contributed by atoms with Crippen LogP contribution in [-0.4, -0.2) is 36.6 Å². The summed E-state index contributed by atoms with van der Waals surface area (Å²) in [6.45, 7) is 6.48. The van der Waals surface area contributed by atoms with Crippen molar-refractivity contribution in [2.24, 2.45) is 0 Å². The first-order chi connectivity index (χ1) is 18.0. The Balaban J connectivity index is 1.70. The minimum atomic E-state index is -0.599. The van der Waals surface area contributed by atoms with Crippen LogP contribution in [0.3, 0.4) is 0 Å². The molecule has 3 aromatic carbocycles. The molecule has 198 valence electrons. The van der Waals surface area contributed by atoms with Crippen molar-refractivity contribution in [3.8, 4) is 0 Å². The number of rotatable bonds is 7. The van der Waals surface area contributed by atoms with Crippen LogP contribution in [0.4, 0.5) is 20.6 Å². The third-order valence-corrected chi connectivity index (χ3v) is 5.75. The van der Waals surface area contributed by atoms with Gasteiger partial charge in [-0.1, -0.05) is 30.3 Å². The van der Waals surface area contributed by atoms with Gasteiger partial charge in [0.05, 0.1) is 17.0 Å². The molecule has 0 aliphatic carbocycles. The van der Waals surface area contributed by atoms with E-state index in [0.717, 1.165) is 28.9 Å². The molecule has 4 rings (SSSR count). The predicted octanol–water partition coefficient (Wildman–Crippen LogP) is 5.84. The number of hydrogen-bond donors (Lipinski definition) is 3. The van der Waals surface area contributed by atoms with Crippen LogP contribution in [0.2, 0.25) is 0 Å². The van der Waals surface area contributed by atoms with Crippen molar-refractivity contribution in [2.45, 2.75) is 39.5 Å². The first-order valence-electron chi connectivity index (χ1n) is 12.4. The van der Waals surface area contributed by atoms with E-state index in [1.54, 1.807) is 26.8 Å². The second-order valence-corrected chi connectivity index (χ2v) is 10.5. The maximum absolute atomic E-state index is 13.9. The van der Waals surface area contributed by atoms with Gasteiger partial charge in [-0.15, -0.1) is 0 Å². The maximum Gasteiger partial charge on any atom is 0.407 e. The zero-order chi connectivity index (χ0) is 27.4. The fourth-order valence-electron chi connectivity index (χ4n) is 4.20. The molecular formula is C30H33FN4O3. The van der Waals surface area contributed by atoms with Crippen molar-refractivity contribution in [3.63, 3.8) is 0 Å². The fourth-order valence-corrected chi connectivity index (χ4v) is 4.20. The van der Waals surface area contributed by atoms with Crippen molar-refractivity contribution in [1.82, 2.24) is 10.2 Å². The summed E-state index contributed by atoms with van der Waals surface area (Å²) in [6.07, 6.45) is -0.511. The van der Waals surface area contributed by atoms with Crippen LogP contribution in [0, 0.1) is 5.82 Å². The topological polar surface area (TPSA) is 82.7 Å². The lowest BCUT2D eigenvalue weighted by Crippen LogP contribution is -2.32. The molecule has 8 heteroatoms. The summed E-state index contributed by atoms with van der Waals surface area (Å²) in [5.41, 5.74) is 4.95. The summed E-state index contributed by atoms with van der Waals surface area (Å²) in [4.78, 5) is 27.4. The number of alkyl carbamates (subject to hydrolysis) is 1. The lowest BCUT2D eigenvalue weighted by atomic mass is 9.98. The van der Waals surface area contributed by atoms with E-state index in [4.69, 9.17) is 4.74 Å². The van der Waals surface area contributed by atoms with Crippen LogP contribution in [-0.2, 0) is 22.6 Å². The summed E-state index contributed by atoms with van der Waals surface area (Å²) < 4.78 is 19.2. The molecule has 1 aliphatic rings. The smallest absolute Gasteiger partial charge is 0.407 e. The highest BCUT2D eigenvalue weighted by molar-refractivity contribution is 6.37. The Morgan fingerprint density at radius 3 is 2.42 bits per heavy atom. The van der Waals surface area contributed by atoms with Crippen molar-refractivity contribution in [3.05, 3.63) is 94.8 Å². The second-order valence-electron chi connectivity index (χ2n) is 10.5. The molecule has 1 heterocycles. The first kappa shape index (κ1) is 26.9. The number of nitrogens with one attached hydrogen (secondary N) is 3. The molecule has 0 saturated carbocycles. The molecule has 0 unspecified atom stereocenters. The molecular weight excluding hydrogens is 483 g/mol. The Bertz CT molecular complexity index is 1370. The number of nitrogens with zero attached hydrogens (tertiary/aromatic N) is 1. The second kappa shape index (κ2) is 11.1. The highest BCUT2D eigenvalue weighted by Crippen LogP contribution is 2.38. The third kappa shape index (κ3) is 6.77. The van der Waals surface area contributed by atoms with E-state index in [2.05, 4.69) is 20.9 Å². The third-order valence-electron chi connectivity index (χ3n) is 5.75. The number of benzene rings is 3. The highest BCUT2D eigenvalue weighted by Gasteiger charge is 2.29. The van der Waals surface area contributed by atoms with Gasteiger partial charge in [0.15, 0.2) is 0 Å². The quantitative estimate of drug-likeness (QED) is 0.344. The first-order valence-corrected chi connectivity index (χ1v) is 12.4. The number of carbonyl (C=O) groups is 2. The van der Waals surface area contributed by atoms with Gasteiger partial charge in [-0.25, -0.2) is 9.18 Å². The monoisotopic (exact) mass is 516 g/mol. The van der Waals surface area contributed by atoms with Crippen LogP contribution < -0.4 is 16.0 Å². The van der Waals surface area contributed by atoms with Crippen molar-refractivity contribution >= 4 is 34.6 Å². The van der Waals surface area contributed by atoms with E-state index in [0.29, 0.717) is 22.5 Å². The summed E-state index contributed by atoms with van der Waals surface area (Å²) in [5.74, 6) is -0.749. The molecule has 0 fully saturated rings.